The molecule has 0 aliphatic carbocycles. The molecule has 1 N–H and O–H groups in total. The smallest absolute Gasteiger partial charge is 0.371 e. The lowest BCUT2D eigenvalue weighted by Crippen LogP contribution is -2.25. The van der Waals surface area contributed by atoms with Gasteiger partial charge in [-0.25, -0.2) is 4.79 Å². The molecular weight excluding hydrogens is 238 g/mol. The second kappa shape index (κ2) is 4.79. The molecule has 1 amide bonds. The molecule has 0 saturated heterocycles. The van der Waals surface area contributed by atoms with E-state index in [0.29, 0.717) is 6.54 Å². The van der Waals surface area contributed by atoms with Crippen molar-refractivity contribution in [3.8, 4) is 0 Å². The zero-order valence-electron chi connectivity index (χ0n) is 9.62. The minimum Gasteiger partial charge on any atom is -0.475 e. The summed E-state index contributed by atoms with van der Waals surface area (Å²) in [4.78, 5) is 24.0. The zero-order chi connectivity index (χ0) is 13.1. The van der Waals surface area contributed by atoms with Crippen LogP contribution in [0.2, 0.25) is 0 Å². The Balaban J connectivity index is 2.08. The van der Waals surface area contributed by atoms with Gasteiger partial charge in [-0.05, 0) is 18.2 Å². The molecule has 94 valence electrons. The topological polar surface area (TPSA) is 83.9 Å². The Morgan fingerprint density at radius 1 is 1.28 bits per heavy atom. The standard InChI is InChI=1S/C12H11NO5/c1-13(6-8-4-5-17-7-8)11(14)9-2-3-10(18-9)12(15)16/h2-5,7H,6H2,1H3,(H,15,16). The van der Waals surface area contributed by atoms with Gasteiger partial charge in [-0.2, -0.15) is 0 Å². The van der Waals surface area contributed by atoms with E-state index in [1.807, 2.05) is 0 Å². The summed E-state index contributed by atoms with van der Waals surface area (Å²) in [6.45, 7) is 0.360. The van der Waals surface area contributed by atoms with Gasteiger partial charge in [0.2, 0.25) is 5.76 Å². The largest absolute Gasteiger partial charge is 0.475 e. The molecule has 0 radical (unpaired) electrons. The number of rotatable bonds is 4. The number of hydrogen-bond acceptors (Lipinski definition) is 4. The van der Waals surface area contributed by atoms with Gasteiger partial charge in [-0.1, -0.05) is 0 Å². The molecule has 2 rings (SSSR count). The van der Waals surface area contributed by atoms with E-state index in [1.54, 1.807) is 13.1 Å². The molecule has 0 atom stereocenters. The molecule has 0 aromatic carbocycles. The van der Waals surface area contributed by atoms with E-state index >= 15 is 0 Å². The lowest BCUT2D eigenvalue weighted by atomic mass is 10.3. The van der Waals surface area contributed by atoms with Gasteiger partial charge in [0.15, 0.2) is 5.76 Å². The van der Waals surface area contributed by atoms with Gasteiger partial charge in [0.1, 0.15) is 0 Å². The van der Waals surface area contributed by atoms with Crippen LogP contribution in [0, 0.1) is 0 Å². The first-order chi connectivity index (χ1) is 8.58. The summed E-state index contributed by atoms with van der Waals surface area (Å²) >= 11 is 0. The predicted octanol–water partition coefficient (Wildman–Crippen LogP) is 1.84. The fourth-order valence-corrected chi connectivity index (χ4v) is 1.48. The van der Waals surface area contributed by atoms with Crippen molar-refractivity contribution in [1.29, 1.82) is 0 Å². The Morgan fingerprint density at radius 2 is 2.00 bits per heavy atom. The van der Waals surface area contributed by atoms with Crippen LogP contribution in [0.15, 0.2) is 39.6 Å². The van der Waals surface area contributed by atoms with Crippen LogP contribution in [0.4, 0.5) is 0 Å². The second-order valence-electron chi connectivity index (χ2n) is 3.76. The maximum atomic E-state index is 11.9. The van der Waals surface area contributed by atoms with Crippen molar-refractivity contribution in [3.05, 3.63) is 47.8 Å². The molecule has 0 spiro atoms. The van der Waals surface area contributed by atoms with Gasteiger partial charge < -0.3 is 18.8 Å². The fourth-order valence-electron chi connectivity index (χ4n) is 1.48. The molecule has 0 unspecified atom stereocenters. The number of furan rings is 2. The Labute approximate surface area is 102 Å². The average molecular weight is 249 g/mol. The van der Waals surface area contributed by atoms with Gasteiger partial charge in [-0.15, -0.1) is 0 Å². The molecule has 2 aromatic rings. The molecule has 0 aliphatic heterocycles. The van der Waals surface area contributed by atoms with Crippen LogP contribution in [-0.4, -0.2) is 28.9 Å². The number of hydrogen-bond donors (Lipinski definition) is 1. The Morgan fingerprint density at radius 3 is 2.56 bits per heavy atom. The van der Waals surface area contributed by atoms with E-state index in [9.17, 15) is 9.59 Å². The summed E-state index contributed by atoms with van der Waals surface area (Å²) in [5.41, 5.74) is 0.843. The van der Waals surface area contributed by atoms with Crippen molar-refractivity contribution in [2.24, 2.45) is 0 Å². The predicted molar refractivity (Wildman–Crippen MR) is 60.2 cm³/mol. The van der Waals surface area contributed by atoms with E-state index in [-0.39, 0.29) is 17.4 Å². The summed E-state index contributed by atoms with van der Waals surface area (Å²) in [7, 11) is 1.60. The van der Waals surface area contributed by atoms with Gasteiger partial charge in [0, 0.05) is 19.2 Å². The number of carboxylic acid groups (broad SMARTS) is 1. The van der Waals surface area contributed by atoms with Crippen LogP contribution >= 0.6 is 0 Å². The van der Waals surface area contributed by atoms with Crippen molar-refractivity contribution < 1.29 is 23.5 Å². The van der Waals surface area contributed by atoms with Gasteiger partial charge >= 0.3 is 5.97 Å². The highest BCUT2D eigenvalue weighted by Gasteiger charge is 2.18. The summed E-state index contributed by atoms with van der Waals surface area (Å²) in [5.74, 6) is -1.84. The highest BCUT2D eigenvalue weighted by atomic mass is 16.4. The first kappa shape index (κ1) is 12.0. The van der Waals surface area contributed by atoms with Crippen LogP contribution in [-0.2, 0) is 6.54 Å². The quantitative estimate of drug-likeness (QED) is 0.893. The third kappa shape index (κ3) is 2.42. The van der Waals surface area contributed by atoms with Crippen molar-refractivity contribution >= 4 is 11.9 Å². The zero-order valence-corrected chi connectivity index (χ0v) is 9.62. The van der Waals surface area contributed by atoms with E-state index in [4.69, 9.17) is 13.9 Å². The molecule has 0 bridgehead atoms. The lowest BCUT2D eigenvalue weighted by Gasteiger charge is -2.14. The first-order valence-corrected chi connectivity index (χ1v) is 5.17. The van der Waals surface area contributed by atoms with E-state index in [0.717, 1.165) is 5.56 Å². The summed E-state index contributed by atoms with van der Waals surface area (Å²) in [6, 6.07) is 4.34. The molecule has 18 heavy (non-hydrogen) atoms. The third-order valence-electron chi connectivity index (χ3n) is 2.37. The minimum absolute atomic E-state index is 0.00149. The van der Waals surface area contributed by atoms with Crippen LogP contribution in [0.1, 0.15) is 26.7 Å². The normalized spacial score (nSPS) is 10.3. The monoisotopic (exact) mass is 249 g/mol. The highest BCUT2D eigenvalue weighted by molar-refractivity contribution is 5.93. The van der Waals surface area contributed by atoms with Crippen LogP contribution in [0.5, 0.6) is 0 Å². The molecule has 0 aliphatic rings. The first-order valence-electron chi connectivity index (χ1n) is 5.17. The summed E-state index contributed by atoms with van der Waals surface area (Å²) in [5, 5.41) is 8.69. The minimum atomic E-state index is -1.20. The Kier molecular flexibility index (Phi) is 3.18. The van der Waals surface area contributed by atoms with Crippen LogP contribution in [0.3, 0.4) is 0 Å². The fraction of sp³-hybridized carbons (Fsp3) is 0.167. The number of carboxylic acids is 1. The average Bonchev–Trinajstić information content (AvgIpc) is 2.98. The lowest BCUT2D eigenvalue weighted by molar-refractivity contribution is 0.0653. The van der Waals surface area contributed by atoms with Crippen molar-refractivity contribution in [1.82, 2.24) is 4.90 Å². The van der Waals surface area contributed by atoms with Gasteiger partial charge in [0.25, 0.3) is 5.91 Å². The van der Waals surface area contributed by atoms with Gasteiger partial charge in [-0.3, -0.25) is 4.79 Å². The molecular formula is C12H11NO5. The van der Waals surface area contributed by atoms with E-state index in [1.165, 1.54) is 29.6 Å². The summed E-state index contributed by atoms with van der Waals surface area (Å²) < 4.78 is 9.83. The van der Waals surface area contributed by atoms with Crippen molar-refractivity contribution in [3.63, 3.8) is 0 Å². The Bertz CT molecular complexity index is 555. The van der Waals surface area contributed by atoms with E-state index < -0.39 is 5.97 Å². The third-order valence-corrected chi connectivity index (χ3v) is 2.37. The highest BCUT2D eigenvalue weighted by Crippen LogP contribution is 2.12. The summed E-state index contributed by atoms with van der Waals surface area (Å²) in [6.07, 6.45) is 3.05. The second-order valence-corrected chi connectivity index (χ2v) is 3.76. The molecule has 2 heterocycles. The number of carbonyl (C=O) groups is 2. The number of aromatic carboxylic acids is 1. The van der Waals surface area contributed by atoms with Crippen molar-refractivity contribution in [2.75, 3.05) is 7.05 Å². The Hall–Kier alpha value is -2.50. The van der Waals surface area contributed by atoms with Crippen molar-refractivity contribution in [2.45, 2.75) is 6.54 Å². The molecule has 6 nitrogen and oxygen atoms in total. The maximum Gasteiger partial charge on any atom is 0.371 e. The van der Waals surface area contributed by atoms with Crippen LogP contribution in [0.25, 0.3) is 0 Å². The maximum absolute atomic E-state index is 11.9. The van der Waals surface area contributed by atoms with E-state index in [2.05, 4.69) is 0 Å². The SMILES string of the molecule is CN(Cc1ccoc1)C(=O)c1ccc(C(=O)O)o1. The number of carbonyl (C=O) groups excluding carboxylic acids is 1. The van der Waals surface area contributed by atoms with Gasteiger partial charge in [0.05, 0.1) is 12.5 Å². The van der Waals surface area contributed by atoms with Crippen LogP contribution < -0.4 is 0 Å². The molecule has 0 fully saturated rings. The molecule has 2 aromatic heterocycles. The number of nitrogens with zero attached hydrogens (tertiary/aromatic N) is 1. The molecule has 6 heteroatoms. The molecule has 0 saturated carbocycles. The number of amides is 1.